The molecule has 0 atom stereocenters. The lowest BCUT2D eigenvalue weighted by Gasteiger charge is -2.45. The van der Waals surface area contributed by atoms with Crippen molar-refractivity contribution in [3.8, 4) is 0 Å². The Morgan fingerprint density at radius 1 is 0.905 bits per heavy atom. The monoisotopic (exact) mass is 284 g/mol. The Hall–Kier alpha value is -1.18. The molecule has 1 aromatic rings. The van der Waals surface area contributed by atoms with Gasteiger partial charge in [-0.3, -0.25) is 0 Å². The Kier molecular flexibility index (Phi) is 3.56. The van der Waals surface area contributed by atoms with Crippen LogP contribution in [-0.4, -0.2) is 19.6 Å². The molecule has 1 aromatic carbocycles. The molecule has 1 saturated carbocycles. The van der Waals surface area contributed by atoms with Crippen LogP contribution in [-0.2, 0) is 6.42 Å². The maximum atomic E-state index is 3.57. The maximum Gasteiger partial charge on any atom is 0.0393 e. The van der Waals surface area contributed by atoms with Gasteiger partial charge in [-0.15, -0.1) is 0 Å². The standard InChI is InChI=1S/C19H28N2/c1-2-8-19(9-3-1)10-13-21(14-11-19)17-7-6-16-5-4-12-20-18(16)15-17/h6-7,15,20H,1-5,8-14H2. The van der Waals surface area contributed by atoms with Crippen molar-refractivity contribution in [3.63, 3.8) is 0 Å². The van der Waals surface area contributed by atoms with Gasteiger partial charge in [-0.25, -0.2) is 0 Å². The second-order valence-corrected chi connectivity index (χ2v) is 7.42. The quantitative estimate of drug-likeness (QED) is 0.811. The minimum absolute atomic E-state index is 0.710. The molecule has 0 amide bonds. The summed E-state index contributed by atoms with van der Waals surface area (Å²) in [4.78, 5) is 2.62. The molecule has 0 bridgehead atoms. The lowest BCUT2D eigenvalue weighted by atomic mass is 9.68. The topological polar surface area (TPSA) is 15.3 Å². The molecule has 2 heterocycles. The van der Waals surface area contributed by atoms with Crippen molar-refractivity contribution in [1.29, 1.82) is 0 Å². The average Bonchev–Trinajstić information content (AvgIpc) is 2.56. The van der Waals surface area contributed by atoms with Crippen molar-refractivity contribution >= 4 is 11.4 Å². The minimum atomic E-state index is 0.710. The fourth-order valence-corrected chi connectivity index (χ4v) is 4.69. The summed E-state index contributed by atoms with van der Waals surface area (Å²) < 4.78 is 0. The molecular formula is C19H28N2. The van der Waals surface area contributed by atoms with E-state index in [1.165, 1.54) is 87.8 Å². The van der Waals surface area contributed by atoms with Crippen molar-refractivity contribution < 1.29 is 0 Å². The van der Waals surface area contributed by atoms with Gasteiger partial charge < -0.3 is 10.2 Å². The van der Waals surface area contributed by atoms with E-state index in [2.05, 4.69) is 28.4 Å². The van der Waals surface area contributed by atoms with E-state index in [9.17, 15) is 0 Å². The van der Waals surface area contributed by atoms with E-state index in [4.69, 9.17) is 0 Å². The van der Waals surface area contributed by atoms with Crippen molar-refractivity contribution in [2.75, 3.05) is 29.9 Å². The molecule has 0 radical (unpaired) electrons. The van der Waals surface area contributed by atoms with Crippen LogP contribution >= 0.6 is 0 Å². The van der Waals surface area contributed by atoms with Crippen LogP contribution in [0.15, 0.2) is 18.2 Å². The highest BCUT2D eigenvalue weighted by atomic mass is 15.1. The third-order valence-corrected chi connectivity index (χ3v) is 6.14. The zero-order valence-electron chi connectivity index (χ0n) is 13.2. The van der Waals surface area contributed by atoms with Crippen molar-refractivity contribution in [1.82, 2.24) is 0 Å². The number of benzene rings is 1. The molecule has 2 fully saturated rings. The Bertz CT molecular complexity index is 492. The van der Waals surface area contributed by atoms with E-state index >= 15 is 0 Å². The van der Waals surface area contributed by atoms with Gasteiger partial charge in [0.25, 0.3) is 0 Å². The van der Waals surface area contributed by atoms with E-state index in [0.717, 1.165) is 6.54 Å². The zero-order chi connectivity index (χ0) is 14.1. The molecular weight excluding hydrogens is 256 g/mol. The van der Waals surface area contributed by atoms with Crippen LogP contribution in [0.3, 0.4) is 0 Å². The number of rotatable bonds is 1. The lowest BCUT2D eigenvalue weighted by Crippen LogP contribution is -2.41. The van der Waals surface area contributed by atoms with Gasteiger partial charge in [-0.2, -0.15) is 0 Å². The van der Waals surface area contributed by atoms with Crippen molar-refractivity contribution in [2.45, 2.75) is 57.8 Å². The molecule has 3 aliphatic rings. The fourth-order valence-electron chi connectivity index (χ4n) is 4.69. The predicted octanol–water partition coefficient (Wildman–Crippen LogP) is 4.60. The van der Waals surface area contributed by atoms with E-state index < -0.39 is 0 Å². The summed E-state index contributed by atoms with van der Waals surface area (Å²) in [5.74, 6) is 0. The van der Waals surface area contributed by atoms with Gasteiger partial charge in [0, 0.05) is 31.0 Å². The summed E-state index contributed by atoms with van der Waals surface area (Å²) in [6.07, 6.45) is 12.8. The molecule has 21 heavy (non-hydrogen) atoms. The molecule has 1 spiro atoms. The number of hydrogen-bond acceptors (Lipinski definition) is 2. The van der Waals surface area contributed by atoms with E-state index in [1.807, 2.05) is 0 Å². The normalized spacial score (nSPS) is 24.5. The average molecular weight is 284 g/mol. The van der Waals surface area contributed by atoms with Gasteiger partial charge in [-0.05, 0) is 61.6 Å². The fraction of sp³-hybridized carbons (Fsp3) is 0.684. The largest absolute Gasteiger partial charge is 0.385 e. The van der Waals surface area contributed by atoms with Crippen LogP contribution in [0.25, 0.3) is 0 Å². The first-order valence-corrected chi connectivity index (χ1v) is 8.97. The Morgan fingerprint density at radius 3 is 2.52 bits per heavy atom. The van der Waals surface area contributed by atoms with Gasteiger partial charge >= 0.3 is 0 Å². The molecule has 0 unspecified atom stereocenters. The Morgan fingerprint density at radius 2 is 1.71 bits per heavy atom. The Balaban J connectivity index is 1.46. The first-order valence-electron chi connectivity index (χ1n) is 8.97. The number of aryl methyl sites for hydroxylation is 1. The number of nitrogens with one attached hydrogen (secondary N) is 1. The first-order chi connectivity index (χ1) is 10.3. The SMILES string of the molecule is c1cc2c(cc1N1CCC3(CCCCC3)CC1)NCCC2. The molecule has 2 heteroatoms. The molecule has 2 aliphatic heterocycles. The van der Waals surface area contributed by atoms with E-state index in [0.29, 0.717) is 5.41 Å². The third-order valence-electron chi connectivity index (χ3n) is 6.14. The van der Waals surface area contributed by atoms with Crippen LogP contribution in [0.1, 0.15) is 56.9 Å². The van der Waals surface area contributed by atoms with Gasteiger partial charge in [0.05, 0.1) is 0 Å². The second kappa shape index (κ2) is 5.55. The zero-order valence-corrected chi connectivity index (χ0v) is 13.2. The third kappa shape index (κ3) is 2.65. The molecule has 2 nitrogen and oxygen atoms in total. The predicted molar refractivity (Wildman–Crippen MR) is 90.2 cm³/mol. The van der Waals surface area contributed by atoms with Gasteiger partial charge in [0.2, 0.25) is 0 Å². The van der Waals surface area contributed by atoms with Crippen LogP contribution in [0.2, 0.25) is 0 Å². The molecule has 1 aliphatic carbocycles. The smallest absolute Gasteiger partial charge is 0.0393 e. The molecule has 114 valence electrons. The summed E-state index contributed by atoms with van der Waals surface area (Å²) in [6, 6.07) is 7.10. The van der Waals surface area contributed by atoms with E-state index in [1.54, 1.807) is 0 Å². The molecule has 1 N–H and O–H groups in total. The van der Waals surface area contributed by atoms with Crippen LogP contribution in [0.5, 0.6) is 0 Å². The van der Waals surface area contributed by atoms with Crippen LogP contribution in [0.4, 0.5) is 11.4 Å². The summed E-state index contributed by atoms with van der Waals surface area (Å²) in [7, 11) is 0. The second-order valence-electron chi connectivity index (χ2n) is 7.42. The summed E-state index contributed by atoms with van der Waals surface area (Å²) >= 11 is 0. The van der Waals surface area contributed by atoms with E-state index in [-0.39, 0.29) is 0 Å². The highest BCUT2D eigenvalue weighted by molar-refractivity contribution is 5.63. The summed E-state index contributed by atoms with van der Waals surface area (Å²) in [5, 5.41) is 3.57. The van der Waals surface area contributed by atoms with Gasteiger partial charge in [0.15, 0.2) is 0 Å². The number of nitrogens with zero attached hydrogens (tertiary/aromatic N) is 1. The molecule has 0 aromatic heterocycles. The van der Waals surface area contributed by atoms with Crippen LogP contribution in [0, 0.1) is 5.41 Å². The first kappa shape index (κ1) is 13.5. The highest BCUT2D eigenvalue weighted by Gasteiger charge is 2.35. The number of anilines is 2. The van der Waals surface area contributed by atoms with Crippen molar-refractivity contribution in [2.24, 2.45) is 5.41 Å². The summed E-state index contributed by atoms with van der Waals surface area (Å²) in [5.41, 5.74) is 5.04. The summed E-state index contributed by atoms with van der Waals surface area (Å²) in [6.45, 7) is 3.66. The van der Waals surface area contributed by atoms with Crippen molar-refractivity contribution in [3.05, 3.63) is 23.8 Å². The lowest BCUT2D eigenvalue weighted by molar-refractivity contribution is 0.144. The number of piperidine rings is 1. The number of hydrogen-bond donors (Lipinski definition) is 1. The molecule has 1 saturated heterocycles. The highest BCUT2D eigenvalue weighted by Crippen LogP contribution is 2.45. The van der Waals surface area contributed by atoms with Crippen LogP contribution < -0.4 is 10.2 Å². The minimum Gasteiger partial charge on any atom is -0.385 e. The van der Waals surface area contributed by atoms with Gasteiger partial charge in [0.1, 0.15) is 0 Å². The Labute approximate surface area is 128 Å². The number of fused-ring (bicyclic) bond motifs is 1. The molecule has 4 rings (SSSR count). The van der Waals surface area contributed by atoms with Gasteiger partial charge in [-0.1, -0.05) is 25.3 Å². The maximum absolute atomic E-state index is 3.57.